The van der Waals surface area contributed by atoms with Crippen LogP contribution in [0.2, 0.25) is 0 Å². The molecule has 0 aromatic carbocycles. The Morgan fingerprint density at radius 2 is 1.80 bits per heavy atom. The summed E-state index contributed by atoms with van der Waals surface area (Å²) in [6, 6.07) is 2.26. The predicted octanol–water partition coefficient (Wildman–Crippen LogP) is -1.02. The number of aromatic nitrogens is 1. The standard InChI is InChI=1S/C10H17N3O5S2/c1-10(2,13-19(3,15)16)7-12-20(17,18)8-4-5-9(14)11-6-8/h4-6,12-13H,7H2,1-3H3,(H,11,14). The Bertz CT molecular complexity index is 714. The third-order valence-electron chi connectivity index (χ3n) is 2.23. The molecule has 0 bridgehead atoms. The lowest BCUT2D eigenvalue weighted by Crippen LogP contribution is -2.50. The summed E-state index contributed by atoms with van der Waals surface area (Å²) >= 11 is 0. The number of H-pyrrole nitrogens is 1. The summed E-state index contributed by atoms with van der Waals surface area (Å²) in [5, 5.41) is 0. The van der Waals surface area contributed by atoms with Crippen LogP contribution in [0.15, 0.2) is 28.0 Å². The summed E-state index contributed by atoms with van der Waals surface area (Å²) in [5.41, 5.74) is -1.40. The third-order valence-corrected chi connectivity index (χ3v) is 4.55. The van der Waals surface area contributed by atoms with Gasteiger partial charge in [0, 0.05) is 24.3 Å². The molecule has 0 amide bonds. The van der Waals surface area contributed by atoms with E-state index in [-0.39, 0.29) is 11.4 Å². The number of hydrogen-bond acceptors (Lipinski definition) is 5. The molecule has 8 nitrogen and oxygen atoms in total. The fourth-order valence-electron chi connectivity index (χ4n) is 1.46. The Morgan fingerprint density at radius 1 is 1.20 bits per heavy atom. The van der Waals surface area contributed by atoms with Crippen molar-refractivity contribution in [3.63, 3.8) is 0 Å². The lowest BCUT2D eigenvalue weighted by Gasteiger charge is -2.25. The van der Waals surface area contributed by atoms with Gasteiger partial charge in [-0.05, 0) is 19.9 Å². The first-order chi connectivity index (χ1) is 8.91. The second kappa shape index (κ2) is 5.64. The highest BCUT2D eigenvalue weighted by molar-refractivity contribution is 7.89. The minimum atomic E-state index is -3.82. The maximum atomic E-state index is 11.9. The molecule has 0 saturated carbocycles. The molecule has 0 radical (unpaired) electrons. The highest BCUT2D eigenvalue weighted by Crippen LogP contribution is 2.07. The van der Waals surface area contributed by atoms with Gasteiger partial charge in [0.15, 0.2) is 0 Å². The van der Waals surface area contributed by atoms with E-state index in [0.717, 1.165) is 24.6 Å². The molecule has 0 saturated heterocycles. The van der Waals surface area contributed by atoms with Crippen molar-refractivity contribution in [3.8, 4) is 0 Å². The summed E-state index contributed by atoms with van der Waals surface area (Å²) in [6.45, 7) is 2.95. The molecule has 0 atom stereocenters. The van der Waals surface area contributed by atoms with Crippen molar-refractivity contribution in [1.29, 1.82) is 0 Å². The van der Waals surface area contributed by atoms with E-state index < -0.39 is 31.1 Å². The van der Waals surface area contributed by atoms with Crippen molar-refractivity contribution < 1.29 is 16.8 Å². The summed E-state index contributed by atoms with van der Waals surface area (Å²) < 4.78 is 50.8. The Hall–Kier alpha value is -1.23. The third kappa shape index (κ3) is 5.41. The molecule has 20 heavy (non-hydrogen) atoms. The van der Waals surface area contributed by atoms with E-state index in [4.69, 9.17) is 0 Å². The van der Waals surface area contributed by atoms with E-state index in [1.165, 1.54) is 0 Å². The van der Waals surface area contributed by atoms with Gasteiger partial charge in [-0.1, -0.05) is 0 Å². The minimum absolute atomic E-state index is 0.104. The van der Waals surface area contributed by atoms with Gasteiger partial charge in [-0.3, -0.25) is 4.79 Å². The first-order valence-electron chi connectivity index (χ1n) is 5.59. The molecule has 0 unspecified atom stereocenters. The van der Waals surface area contributed by atoms with Gasteiger partial charge in [0.2, 0.25) is 25.6 Å². The van der Waals surface area contributed by atoms with Crippen molar-refractivity contribution in [1.82, 2.24) is 14.4 Å². The first kappa shape index (κ1) is 16.8. The van der Waals surface area contributed by atoms with Gasteiger partial charge < -0.3 is 4.98 Å². The van der Waals surface area contributed by atoms with Gasteiger partial charge in [-0.15, -0.1) is 0 Å². The van der Waals surface area contributed by atoms with Gasteiger partial charge in [-0.25, -0.2) is 26.3 Å². The molecule has 0 aliphatic carbocycles. The molecular formula is C10H17N3O5S2. The van der Waals surface area contributed by atoms with Crippen molar-refractivity contribution in [2.24, 2.45) is 0 Å². The Morgan fingerprint density at radius 3 is 2.25 bits per heavy atom. The van der Waals surface area contributed by atoms with Crippen LogP contribution in [0.1, 0.15) is 13.8 Å². The zero-order chi connectivity index (χ0) is 15.6. The summed E-state index contributed by atoms with van der Waals surface area (Å²) in [6.07, 6.45) is 2.06. The van der Waals surface area contributed by atoms with Gasteiger partial charge >= 0.3 is 0 Å². The smallest absolute Gasteiger partial charge is 0.247 e. The Balaban J connectivity index is 2.83. The summed E-state index contributed by atoms with van der Waals surface area (Å²) in [4.78, 5) is 13.0. The zero-order valence-electron chi connectivity index (χ0n) is 11.3. The highest BCUT2D eigenvalue weighted by atomic mass is 32.2. The van der Waals surface area contributed by atoms with Crippen LogP contribution in [0, 0.1) is 0 Å². The van der Waals surface area contributed by atoms with Crippen molar-refractivity contribution in [2.75, 3.05) is 12.8 Å². The molecule has 3 N–H and O–H groups in total. The quantitative estimate of drug-likeness (QED) is 0.618. The number of sulfonamides is 2. The predicted molar refractivity (Wildman–Crippen MR) is 74.3 cm³/mol. The van der Waals surface area contributed by atoms with Crippen LogP contribution in [-0.2, 0) is 20.0 Å². The topological polar surface area (TPSA) is 125 Å². The molecule has 114 valence electrons. The molecule has 0 aliphatic heterocycles. The Labute approximate surface area is 117 Å². The monoisotopic (exact) mass is 323 g/mol. The first-order valence-corrected chi connectivity index (χ1v) is 8.96. The lowest BCUT2D eigenvalue weighted by atomic mass is 10.1. The zero-order valence-corrected chi connectivity index (χ0v) is 12.9. The van der Waals surface area contributed by atoms with E-state index in [0.29, 0.717) is 0 Å². The molecular weight excluding hydrogens is 306 g/mol. The highest BCUT2D eigenvalue weighted by Gasteiger charge is 2.25. The molecule has 0 fully saturated rings. The van der Waals surface area contributed by atoms with Crippen LogP contribution in [0.4, 0.5) is 0 Å². The average molecular weight is 323 g/mol. The van der Waals surface area contributed by atoms with E-state index in [1.807, 2.05) is 0 Å². The number of aromatic amines is 1. The van der Waals surface area contributed by atoms with Crippen LogP contribution in [0.25, 0.3) is 0 Å². The Kier molecular flexibility index (Phi) is 4.74. The molecule has 1 aromatic rings. The normalized spacial score (nSPS) is 13.3. The SMILES string of the molecule is CC(C)(CNS(=O)(=O)c1ccc(=O)[nH]c1)NS(C)(=O)=O. The number of nitrogens with one attached hydrogen (secondary N) is 3. The molecule has 1 aromatic heterocycles. The molecule has 1 rings (SSSR count). The van der Waals surface area contributed by atoms with E-state index in [2.05, 4.69) is 14.4 Å². The average Bonchev–Trinajstić information content (AvgIpc) is 2.24. The van der Waals surface area contributed by atoms with Crippen LogP contribution in [-0.4, -0.2) is 40.2 Å². The molecule has 0 spiro atoms. The number of pyridine rings is 1. The maximum absolute atomic E-state index is 11.9. The summed E-state index contributed by atoms with van der Waals surface area (Å²) in [7, 11) is -7.27. The number of rotatable bonds is 6. The fraction of sp³-hybridized carbons (Fsp3) is 0.500. The second-order valence-corrected chi connectivity index (χ2v) is 8.49. The number of hydrogen-bond donors (Lipinski definition) is 3. The maximum Gasteiger partial charge on any atom is 0.247 e. The largest absolute Gasteiger partial charge is 0.328 e. The lowest BCUT2D eigenvalue weighted by molar-refractivity contribution is 0.446. The van der Waals surface area contributed by atoms with E-state index in [1.54, 1.807) is 13.8 Å². The van der Waals surface area contributed by atoms with Crippen molar-refractivity contribution in [3.05, 3.63) is 28.7 Å². The fourth-order valence-corrected chi connectivity index (χ4v) is 3.71. The van der Waals surface area contributed by atoms with Crippen molar-refractivity contribution in [2.45, 2.75) is 24.3 Å². The van der Waals surface area contributed by atoms with Gasteiger partial charge in [-0.2, -0.15) is 0 Å². The van der Waals surface area contributed by atoms with Crippen molar-refractivity contribution >= 4 is 20.0 Å². The van der Waals surface area contributed by atoms with Gasteiger partial charge in [0.25, 0.3) is 0 Å². The molecule has 0 aliphatic rings. The van der Waals surface area contributed by atoms with Gasteiger partial charge in [0.05, 0.1) is 11.2 Å². The minimum Gasteiger partial charge on any atom is -0.328 e. The van der Waals surface area contributed by atoms with Crippen LogP contribution in [0.5, 0.6) is 0 Å². The van der Waals surface area contributed by atoms with E-state index >= 15 is 0 Å². The summed E-state index contributed by atoms with van der Waals surface area (Å²) in [5.74, 6) is 0. The van der Waals surface area contributed by atoms with Gasteiger partial charge in [0.1, 0.15) is 0 Å². The molecule has 1 heterocycles. The van der Waals surface area contributed by atoms with Crippen LogP contribution < -0.4 is 15.0 Å². The van der Waals surface area contributed by atoms with Crippen LogP contribution in [0.3, 0.4) is 0 Å². The van der Waals surface area contributed by atoms with Crippen LogP contribution >= 0.6 is 0 Å². The second-order valence-electron chi connectivity index (χ2n) is 4.97. The molecule has 10 heteroatoms. The van der Waals surface area contributed by atoms with E-state index in [9.17, 15) is 21.6 Å².